The standard InChI is InChI=1S/C22H17F3N4O/c23-22(24,25)20-5-1-3-16(28-20)11-14-6-8-15(9-7-14)12-17-13-19(30-29-17)18-4-2-10-27-21(18)26/h1-10,13H,11-12H2,(H2,26,27). The number of benzene rings is 1. The van der Waals surface area contributed by atoms with E-state index >= 15 is 0 Å². The van der Waals surface area contributed by atoms with Crippen molar-refractivity contribution in [1.29, 1.82) is 0 Å². The van der Waals surface area contributed by atoms with Crippen LogP contribution in [0.15, 0.2) is 71.4 Å². The maximum atomic E-state index is 12.8. The van der Waals surface area contributed by atoms with Crippen molar-refractivity contribution in [1.82, 2.24) is 15.1 Å². The highest BCUT2D eigenvalue weighted by Crippen LogP contribution is 2.28. The smallest absolute Gasteiger partial charge is 0.383 e. The summed E-state index contributed by atoms with van der Waals surface area (Å²) >= 11 is 0. The lowest BCUT2D eigenvalue weighted by atomic mass is 10.0. The Morgan fingerprint density at radius 1 is 0.867 bits per heavy atom. The van der Waals surface area contributed by atoms with Gasteiger partial charge in [0.1, 0.15) is 11.5 Å². The number of hydrogen-bond acceptors (Lipinski definition) is 5. The largest absolute Gasteiger partial charge is 0.433 e. The van der Waals surface area contributed by atoms with Gasteiger partial charge in [-0.3, -0.25) is 0 Å². The maximum absolute atomic E-state index is 12.8. The summed E-state index contributed by atoms with van der Waals surface area (Å²) in [5.41, 5.74) is 8.63. The molecule has 0 saturated heterocycles. The van der Waals surface area contributed by atoms with Crippen LogP contribution in [0.5, 0.6) is 0 Å². The lowest BCUT2D eigenvalue weighted by molar-refractivity contribution is -0.141. The van der Waals surface area contributed by atoms with Gasteiger partial charge in [0.05, 0.1) is 11.3 Å². The van der Waals surface area contributed by atoms with Gasteiger partial charge in [0.15, 0.2) is 5.76 Å². The zero-order valence-corrected chi connectivity index (χ0v) is 15.7. The molecule has 0 fully saturated rings. The summed E-state index contributed by atoms with van der Waals surface area (Å²) in [5, 5.41) is 4.08. The van der Waals surface area contributed by atoms with Gasteiger partial charge in [-0.05, 0) is 35.4 Å². The van der Waals surface area contributed by atoms with Crippen LogP contribution in [0.3, 0.4) is 0 Å². The van der Waals surface area contributed by atoms with Crippen molar-refractivity contribution in [2.45, 2.75) is 19.0 Å². The van der Waals surface area contributed by atoms with Gasteiger partial charge < -0.3 is 10.3 Å². The van der Waals surface area contributed by atoms with Crippen LogP contribution in [-0.2, 0) is 19.0 Å². The van der Waals surface area contributed by atoms with E-state index in [9.17, 15) is 13.2 Å². The molecule has 4 aromatic rings. The van der Waals surface area contributed by atoms with E-state index in [0.717, 1.165) is 22.9 Å². The van der Waals surface area contributed by atoms with E-state index in [-0.39, 0.29) is 0 Å². The Balaban J connectivity index is 1.44. The van der Waals surface area contributed by atoms with E-state index in [1.54, 1.807) is 18.3 Å². The molecule has 0 aliphatic rings. The Morgan fingerprint density at radius 2 is 1.57 bits per heavy atom. The SMILES string of the molecule is Nc1ncccc1-c1cc(Cc2ccc(Cc3cccc(C(F)(F)F)n3)cc2)no1. The van der Waals surface area contributed by atoms with E-state index in [0.29, 0.717) is 35.7 Å². The predicted octanol–water partition coefficient (Wildman–Crippen LogP) is 4.91. The number of nitrogen functional groups attached to an aromatic ring is 1. The van der Waals surface area contributed by atoms with Gasteiger partial charge >= 0.3 is 6.18 Å². The Labute approximate surface area is 170 Å². The van der Waals surface area contributed by atoms with E-state index in [2.05, 4.69) is 15.1 Å². The first-order valence-corrected chi connectivity index (χ1v) is 9.16. The molecule has 0 aliphatic carbocycles. The molecule has 3 heterocycles. The normalized spacial score (nSPS) is 11.6. The molecule has 0 spiro atoms. The highest BCUT2D eigenvalue weighted by Gasteiger charge is 2.32. The van der Waals surface area contributed by atoms with Gasteiger partial charge in [-0.1, -0.05) is 35.5 Å². The number of alkyl halides is 3. The fourth-order valence-corrected chi connectivity index (χ4v) is 3.08. The van der Waals surface area contributed by atoms with Gasteiger partial charge in [0.2, 0.25) is 0 Å². The van der Waals surface area contributed by atoms with Gasteiger partial charge in [-0.15, -0.1) is 0 Å². The van der Waals surface area contributed by atoms with Crippen molar-refractivity contribution >= 4 is 5.82 Å². The lowest BCUT2D eigenvalue weighted by Gasteiger charge is -2.08. The second-order valence-corrected chi connectivity index (χ2v) is 6.80. The molecule has 0 unspecified atom stereocenters. The van der Waals surface area contributed by atoms with Crippen LogP contribution in [-0.4, -0.2) is 15.1 Å². The minimum atomic E-state index is -4.45. The molecular weight excluding hydrogens is 393 g/mol. The van der Waals surface area contributed by atoms with E-state index < -0.39 is 11.9 Å². The first-order chi connectivity index (χ1) is 14.4. The third kappa shape index (κ3) is 4.48. The highest BCUT2D eigenvalue weighted by atomic mass is 19.4. The second-order valence-electron chi connectivity index (χ2n) is 6.80. The van der Waals surface area contributed by atoms with Crippen molar-refractivity contribution in [3.8, 4) is 11.3 Å². The molecule has 1 aromatic carbocycles. The van der Waals surface area contributed by atoms with Crippen LogP contribution < -0.4 is 5.73 Å². The molecule has 0 atom stereocenters. The van der Waals surface area contributed by atoms with Gasteiger partial charge in [-0.25, -0.2) is 9.97 Å². The maximum Gasteiger partial charge on any atom is 0.433 e. The first kappa shape index (κ1) is 19.6. The number of halogens is 3. The van der Waals surface area contributed by atoms with Gasteiger partial charge in [0.25, 0.3) is 0 Å². The molecule has 5 nitrogen and oxygen atoms in total. The molecule has 3 aromatic heterocycles. The molecule has 0 aliphatic heterocycles. The quantitative estimate of drug-likeness (QED) is 0.506. The summed E-state index contributed by atoms with van der Waals surface area (Å²) in [6.45, 7) is 0. The Hall–Kier alpha value is -3.68. The Bertz CT molecular complexity index is 1150. The highest BCUT2D eigenvalue weighted by molar-refractivity contribution is 5.69. The number of nitrogens with two attached hydrogens (primary N) is 1. The third-order valence-electron chi connectivity index (χ3n) is 4.55. The predicted molar refractivity (Wildman–Crippen MR) is 105 cm³/mol. The molecule has 8 heteroatoms. The molecule has 152 valence electrons. The number of anilines is 1. The Kier molecular flexibility index (Phi) is 5.22. The second kappa shape index (κ2) is 7.98. The number of pyridine rings is 2. The zero-order valence-electron chi connectivity index (χ0n) is 15.7. The van der Waals surface area contributed by atoms with Crippen molar-refractivity contribution in [2.75, 3.05) is 5.73 Å². The summed E-state index contributed by atoms with van der Waals surface area (Å²) in [6.07, 6.45) is -1.98. The van der Waals surface area contributed by atoms with E-state index in [1.165, 1.54) is 6.07 Å². The van der Waals surface area contributed by atoms with Crippen LogP contribution in [0, 0.1) is 0 Å². The van der Waals surface area contributed by atoms with Crippen LogP contribution >= 0.6 is 0 Å². The van der Waals surface area contributed by atoms with Crippen molar-refractivity contribution in [3.63, 3.8) is 0 Å². The molecular formula is C22H17F3N4O. The molecule has 0 bridgehead atoms. The summed E-state index contributed by atoms with van der Waals surface area (Å²) < 4.78 is 43.8. The van der Waals surface area contributed by atoms with Crippen LogP contribution in [0.4, 0.5) is 19.0 Å². The average molecular weight is 410 g/mol. The molecule has 0 saturated carbocycles. The van der Waals surface area contributed by atoms with Gasteiger partial charge in [0, 0.05) is 30.8 Å². The lowest BCUT2D eigenvalue weighted by Crippen LogP contribution is -2.09. The summed E-state index contributed by atoms with van der Waals surface area (Å²) in [6, 6.07) is 16.9. The minimum absolute atomic E-state index is 0.318. The number of aromatic nitrogens is 3. The van der Waals surface area contributed by atoms with E-state index in [4.69, 9.17) is 10.3 Å². The minimum Gasteiger partial charge on any atom is -0.383 e. The van der Waals surface area contributed by atoms with Crippen LogP contribution in [0.2, 0.25) is 0 Å². The van der Waals surface area contributed by atoms with Gasteiger partial charge in [-0.2, -0.15) is 13.2 Å². The van der Waals surface area contributed by atoms with Crippen LogP contribution in [0.25, 0.3) is 11.3 Å². The molecule has 30 heavy (non-hydrogen) atoms. The first-order valence-electron chi connectivity index (χ1n) is 9.16. The molecule has 4 rings (SSSR count). The van der Waals surface area contributed by atoms with Crippen molar-refractivity contribution in [2.24, 2.45) is 0 Å². The summed E-state index contributed by atoms with van der Waals surface area (Å²) in [5.74, 6) is 0.913. The molecule has 0 amide bonds. The molecule has 0 radical (unpaired) electrons. The Morgan fingerprint density at radius 3 is 2.23 bits per heavy atom. The fourth-order valence-electron chi connectivity index (χ4n) is 3.08. The zero-order chi connectivity index (χ0) is 21.1. The number of rotatable bonds is 5. The van der Waals surface area contributed by atoms with Crippen molar-refractivity contribution < 1.29 is 17.7 Å². The van der Waals surface area contributed by atoms with Crippen molar-refractivity contribution in [3.05, 3.63) is 95.1 Å². The molecule has 2 N–H and O–H groups in total. The van der Waals surface area contributed by atoms with E-state index in [1.807, 2.05) is 36.4 Å². The monoisotopic (exact) mass is 410 g/mol. The topological polar surface area (TPSA) is 77.8 Å². The third-order valence-corrected chi connectivity index (χ3v) is 4.55. The summed E-state index contributed by atoms with van der Waals surface area (Å²) in [4.78, 5) is 7.74. The number of hydrogen-bond donors (Lipinski definition) is 1. The fraction of sp³-hybridized carbons (Fsp3) is 0.136. The number of nitrogens with zero attached hydrogens (tertiary/aromatic N) is 3. The average Bonchev–Trinajstić information content (AvgIpc) is 3.18. The summed E-state index contributed by atoms with van der Waals surface area (Å²) in [7, 11) is 0. The van der Waals surface area contributed by atoms with Crippen LogP contribution in [0.1, 0.15) is 28.2 Å².